The SMILES string of the molecule is CCNC(c1cc2cc3ccccc3c(Br)c2o1)C(C)C. The Bertz CT molecular complexity index is 775. The average molecular weight is 346 g/mol. The van der Waals surface area contributed by atoms with Crippen LogP contribution in [0.2, 0.25) is 0 Å². The van der Waals surface area contributed by atoms with Crippen molar-refractivity contribution in [1.29, 1.82) is 0 Å². The van der Waals surface area contributed by atoms with E-state index >= 15 is 0 Å². The Balaban J connectivity index is 2.19. The highest BCUT2D eigenvalue weighted by Crippen LogP contribution is 2.37. The third-order valence-corrected chi connectivity index (χ3v) is 4.67. The number of nitrogens with one attached hydrogen (secondary N) is 1. The van der Waals surface area contributed by atoms with Crippen molar-refractivity contribution in [3.8, 4) is 0 Å². The molecule has 0 aliphatic rings. The van der Waals surface area contributed by atoms with Crippen LogP contribution in [-0.4, -0.2) is 6.54 Å². The largest absolute Gasteiger partial charge is 0.458 e. The van der Waals surface area contributed by atoms with Crippen LogP contribution in [0.3, 0.4) is 0 Å². The molecule has 0 bridgehead atoms. The van der Waals surface area contributed by atoms with Gasteiger partial charge in [-0.1, -0.05) is 45.0 Å². The highest BCUT2D eigenvalue weighted by Gasteiger charge is 2.20. The predicted molar refractivity (Wildman–Crippen MR) is 92.7 cm³/mol. The van der Waals surface area contributed by atoms with Gasteiger partial charge in [-0.25, -0.2) is 0 Å². The van der Waals surface area contributed by atoms with E-state index < -0.39 is 0 Å². The lowest BCUT2D eigenvalue weighted by atomic mass is 10.0. The summed E-state index contributed by atoms with van der Waals surface area (Å²) >= 11 is 3.71. The van der Waals surface area contributed by atoms with Gasteiger partial charge in [-0.2, -0.15) is 0 Å². The van der Waals surface area contributed by atoms with Crippen LogP contribution in [0.1, 0.15) is 32.6 Å². The maximum Gasteiger partial charge on any atom is 0.149 e. The Kier molecular flexibility index (Phi) is 4.05. The van der Waals surface area contributed by atoms with Gasteiger partial charge < -0.3 is 9.73 Å². The Morgan fingerprint density at radius 1 is 1.14 bits per heavy atom. The number of furan rings is 1. The second kappa shape index (κ2) is 5.82. The highest BCUT2D eigenvalue weighted by molar-refractivity contribution is 9.10. The van der Waals surface area contributed by atoms with Crippen LogP contribution < -0.4 is 5.32 Å². The van der Waals surface area contributed by atoms with Gasteiger partial charge in [-0.05, 0) is 51.3 Å². The summed E-state index contributed by atoms with van der Waals surface area (Å²) in [5, 5.41) is 7.08. The first kappa shape index (κ1) is 14.6. The molecule has 3 heteroatoms. The molecule has 1 aromatic heterocycles. The maximum atomic E-state index is 6.17. The number of halogens is 1. The van der Waals surface area contributed by atoms with Gasteiger partial charge in [0.1, 0.15) is 11.3 Å². The number of rotatable bonds is 4. The van der Waals surface area contributed by atoms with Crippen molar-refractivity contribution in [2.75, 3.05) is 6.54 Å². The van der Waals surface area contributed by atoms with Crippen LogP contribution in [0.15, 0.2) is 45.3 Å². The molecule has 3 rings (SSSR count). The second-order valence-corrected chi connectivity index (χ2v) is 6.55. The quantitative estimate of drug-likeness (QED) is 0.660. The maximum absolute atomic E-state index is 6.17. The third-order valence-electron chi connectivity index (χ3n) is 3.88. The zero-order valence-electron chi connectivity index (χ0n) is 12.6. The van der Waals surface area contributed by atoms with E-state index in [0.717, 1.165) is 27.7 Å². The number of hydrogen-bond donors (Lipinski definition) is 1. The van der Waals surface area contributed by atoms with E-state index in [1.54, 1.807) is 0 Å². The Morgan fingerprint density at radius 3 is 2.62 bits per heavy atom. The normalized spacial score (nSPS) is 13.4. The molecule has 0 aliphatic carbocycles. The monoisotopic (exact) mass is 345 g/mol. The zero-order valence-corrected chi connectivity index (χ0v) is 14.2. The third kappa shape index (κ3) is 2.60. The first-order chi connectivity index (χ1) is 10.1. The van der Waals surface area contributed by atoms with Crippen LogP contribution in [0, 0.1) is 5.92 Å². The van der Waals surface area contributed by atoms with Crippen molar-refractivity contribution in [3.63, 3.8) is 0 Å². The molecule has 1 atom stereocenters. The van der Waals surface area contributed by atoms with E-state index in [-0.39, 0.29) is 6.04 Å². The fourth-order valence-electron chi connectivity index (χ4n) is 2.85. The van der Waals surface area contributed by atoms with Gasteiger partial charge in [0, 0.05) is 5.39 Å². The van der Waals surface area contributed by atoms with Crippen molar-refractivity contribution in [2.45, 2.75) is 26.8 Å². The van der Waals surface area contributed by atoms with E-state index in [0.29, 0.717) is 5.92 Å². The molecule has 0 aliphatic heterocycles. The fourth-order valence-corrected chi connectivity index (χ4v) is 3.53. The molecule has 21 heavy (non-hydrogen) atoms. The van der Waals surface area contributed by atoms with Gasteiger partial charge in [0.05, 0.1) is 10.5 Å². The summed E-state index contributed by atoms with van der Waals surface area (Å²) in [6, 6.07) is 13.0. The van der Waals surface area contributed by atoms with E-state index in [1.165, 1.54) is 10.8 Å². The predicted octanol–water partition coefficient (Wildman–Crippen LogP) is 5.66. The Labute approximate surface area is 133 Å². The summed E-state index contributed by atoms with van der Waals surface area (Å²) in [5.41, 5.74) is 0.937. The summed E-state index contributed by atoms with van der Waals surface area (Å²) in [7, 11) is 0. The smallest absolute Gasteiger partial charge is 0.149 e. The number of fused-ring (bicyclic) bond motifs is 2. The molecule has 2 aromatic carbocycles. The van der Waals surface area contributed by atoms with Crippen LogP contribution in [0.4, 0.5) is 0 Å². The Hall–Kier alpha value is -1.32. The molecule has 2 nitrogen and oxygen atoms in total. The van der Waals surface area contributed by atoms with Crippen molar-refractivity contribution >= 4 is 37.7 Å². The molecule has 3 aromatic rings. The van der Waals surface area contributed by atoms with Gasteiger partial charge in [-0.3, -0.25) is 0 Å². The topological polar surface area (TPSA) is 25.2 Å². The van der Waals surface area contributed by atoms with Crippen molar-refractivity contribution in [1.82, 2.24) is 5.32 Å². The lowest BCUT2D eigenvalue weighted by Crippen LogP contribution is -2.24. The molecule has 0 saturated heterocycles. The molecule has 0 saturated carbocycles. The molecule has 1 heterocycles. The van der Waals surface area contributed by atoms with Crippen LogP contribution in [0.5, 0.6) is 0 Å². The van der Waals surface area contributed by atoms with Crippen molar-refractivity contribution in [3.05, 3.63) is 46.6 Å². The van der Waals surface area contributed by atoms with E-state index in [9.17, 15) is 0 Å². The van der Waals surface area contributed by atoms with Crippen molar-refractivity contribution in [2.24, 2.45) is 5.92 Å². The van der Waals surface area contributed by atoms with E-state index in [4.69, 9.17) is 4.42 Å². The molecule has 0 spiro atoms. The van der Waals surface area contributed by atoms with Gasteiger partial charge in [0.15, 0.2) is 0 Å². The first-order valence-corrected chi connectivity index (χ1v) is 8.25. The standard InChI is InChI=1S/C18H20BrNO/c1-4-20-17(11(2)3)15-10-13-9-12-7-5-6-8-14(12)16(19)18(13)21-15/h5-11,17,20H,4H2,1-3H3. The van der Waals surface area contributed by atoms with Gasteiger partial charge in [0.2, 0.25) is 0 Å². The molecule has 1 unspecified atom stereocenters. The minimum atomic E-state index is 0.248. The number of benzene rings is 2. The first-order valence-electron chi connectivity index (χ1n) is 7.46. The number of hydrogen-bond acceptors (Lipinski definition) is 2. The van der Waals surface area contributed by atoms with Crippen LogP contribution >= 0.6 is 15.9 Å². The summed E-state index contributed by atoms with van der Waals surface area (Å²) in [6.45, 7) is 7.49. The van der Waals surface area contributed by atoms with Crippen LogP contribution in [-0.2, 0) is 0 Å². The van der Waals surface area contributed by atoms with E-state index in [2.05, 4.69) is 78.4 Å². The fraction of sp³-hybridized carbons (Fsp3) is 0.333. The molecule has 0 fully saturated rings. The second-order valence-electron chi connectivity index (χ2n) is 5.76. The summed E-state index contributed by atoms with van der Waals surface area (Å²) in [5.74, 6) is 1.50. The highest BCUT2D eigenvalue weighted by atomic mass is 79.9. The molecular formula is C18H20BrNO. The van der Waals surface area contributed by atoms with Crippen LogP contribution in [0.25, 0.3) is 21.7 Å². The minimum Gasteiger partial charge on any atom is -0.458 e. The van der Waals surface area contributed by atoms with Gasteiger partial charge >= 0.3 is 0 Å². The molecule has 0 radical (unpaired) electrons. The molecule has 0 amide bonds. The summed E-state index contributed by atoms with van der Waals surface area (Å²) in [6.07, 6.45) is 0. The van der Waals surface area contributed by atoms with Gasteiger partial charge in [-0.15, -0.1) is 0 Å². The molecular weight excluding hydrogens is 326 g/mol. The van der Waals surface area contributed by atoms with Gasteiger partial charge in [0.25, 0.3) is 0 Å². The summed E-state index contributed by atoms with van der Waals surface area (Å²) < 4.78 is 7.22. The Morgan fingerprint density at radius 2 is 1.90 bits per heavy atom. The zero-order chi connectivity index (χ0) is 15.0. The lowest BCUT2D eigenvalue weighted by molar-refractivity contribution is 0.356. The summed E-state index contributed by atoms with van der Waals surface area (Å²) in [4.78, 5) is 0. The average Bonchev–Trinajstić information content (AvgIpc) is 2.88. The van der Waals surface area contributed by atoms with E-state index in [1.807, 2.05) is 0 Å². The molecule has 110 valence electrons. The lowest BCUT2D eigenvalue weighted by Gasteiger charge is -2.19. The van der Waals surface area contributed by atoms with Crippen molar-refractivity contribution < 1.29 is 4.42 Å². The molecule has 1 N–H and O–H groups in total. The minimum absolute atomic E-state index is 0.248.